The average molecular weight is 285 g/mol. The van der Waals surface area contributed by atoms with Gasteiger partial charge in [-0.05, 0) is 31.0 Å². The Labute approximate surface area is 124 Å². The maximum absolute atomic E-state index is 12.6. The highest BCUT2D eigenvalue weighted by Crippen LogP contribution is 2.16. The van der Waals surface area contributed by atoms with Crippen molar-refractivity contribution in [3.8, 4) is 11.8 Å². The highest BCUT2D eigenvalue weighted by atomic mass is 16.2. The van der Waals surface area contributed by atoms with Crippen LogP contribution in [0.4, 0.5) is 0 Å². The Hall–Kier alpha value is -2.32. The van der Waals surface area contributed by atoms with E-state index in [0.29, 0.717) is 18.7 Å². The molecule has 3 N–H and O–H groups in total. The van der Waals surface area contributed by atoms with Crippen molar-refractivity contribution in [1.29, 1.82) is 0 Å². The lowest BCUT2D eigenvalue weighted by Crippen LogP contribution is -2.37. The minimum absolute atomic E-state index is 0.108. The second-order valence-electron chi connectivity index (χ2n) is 4.91. The van der Waals surface area contributed by atoms with Gasteiger partial charge in [-0.1, -0.05) is 17.9 Å². The van der Waals surface area contributed by atoms with Gasteiger partial charge in [0.1, 0.15) is 0 Å². The highest BCUT2D eigenvalue weighted by Gasteiger charge is 2.22. The normalized spacial score (nSPS) is 14.8. The molecule has 0 aliphatic carbocycles. The van der Waals surface area contributed by atoms with Crippen LogP contribution in [0, 0.1) is 18.8 Å². The van der Waals surface area contributed by atoms with Crippen molar-refractivity contribution in [3.05, 3.63) is 34.9 Å². The molecule has 1 aromatic rings. The van der Waals surface area contributed by atoms with Crippen LogP contribution in [0.2, 0.25) is 0 Å². The highest BCUT2D eigenvalue weighted by molar-refractivity contribution is 5.98. The predicted octanol–water partition coefficient (Wildman–Crippen LogP) is 0.267. The van der Waals surface area contributed by atoms with Crippen molar-refractivity contribution >= 4 is 11.8 Å². The minimum Gasteiger partial charge on any atom is -0.354 e. The summed E-state index contributed by atoms with van der Waals surface area (Å²) in [6, 6.07) is 5.44. The topological polar surface area (TPSA) is 75.4 Å². The standard InChI is InChI=1S/C16H19N3O2/c1-12-13(6-3-8-17)5-2-7-14(12)16(21)19-10-4-9-18-15(20)11-19/h2,5,7H,4,8-11,17H2,1H3,(H,18,20). The van der Waals surface area contributed by atoms with Gasteiger partial charge in [-0.25, -0.2) is 0 Å². The first-order chi connectivity index (χ1) is 10.1. The molecule has 5 heteroatoms. The van der Waals surface area contributed by atoms with E-state index in [-0.39, 0.29) is 24.9 Å². The molecule has 0 bridgehead atoms. The first-order valence-corrected chi connectivity index (χ1v) is 6.98. The van der Waals surface area contributed by atoms with Crippen LogP contribution >= 0.6 is 0 Å². The summed E-state index contributed by atoms with van der Waals surface area (Å²) in [7, 11) is 0. The number of hydrogen-bond acceptors (Lipinski definition) is 3. The third-order valence-corrected chi connectivity index (χ3v) is 3.44. The molecule has 0 aromatic heterocycles. The number of nitrogens with two attached hydrogens (primary N) is 1. The van der Waals surface area contributed by atoms with E-state index in [0.717, 1.165) is 17.5 Å². The largest absolute Gasteiger partial charge is 0.354 e. The van der Waals surface area contributed by atoms with Crippen LogP contribution in [-0.4, -0.2) is 42.9 Å². The van der Waals surface area contributed by atoms with E-state index in [4.69, 9.17) is 5.73 Å². The van der Waals surface area contributed by atoms with Crippen molar-refractivity contribution in [3.63, 3.8) is 0 Å². The summed E-state index contributed by atoms with van der Waals surface area (Å²) in [4.78, 5) is 25.8. The lowest BCUT2D eigenvalue weighted by molar-refractivity contribution is -0.121. The molecule has 1 heterocycles. The van der Waals surface area contributed by atoms with Crippen LogP contribution < -0.4 is 11.1 Å². The molecule has 0 atom stereocenters. The molecule has 110 valence electrons. The first-order valence-electron chi connectivity index (χ1n) is 6.98. The van der Waals surface area contributed by atoms with Gasteiger partial charge in [0, 0.05) is 24.2 Å². The molecule has 1 aromatic carbocycles. The van der Waals surface area contributed by atoms with Crippen molar-refractivity contribution in [2.45, 2.75) is 13.3 Å². The van der Waals surface area contributed by atoms with Crippen molar-refractivity contribution < 1.29 is 9.59 Å². The Balaban J connectivity index is 2.28. The SMILES string of the molecule is Cc1c(C#CCN)cccc1C(=O)N1CCCNC(=O)C1. The van der Waals surface area contributed by atoms with E-state index in [1.165, 1.54) is 0 Å². The summed E-state index contributed by atoms with van der Waals surface area (Å²) < 4.78 is 0. The zero-order valence-electron chi connectivity index (χ0n) is 12.1. The van der Waals surface area contributed by atoms with Gasteiger partial charge in [-0.15, -0.1) is 0 Å². The van der Waals surface area contributed by atoms with Gasteiger partial charge >= 0.3 is 0 Å². The molecule has 0 spiro atoms. The quantitative estimate of drug-likeness (QED) is 0.727. The fourth-order valence-corrected chi connectivity index (χ4v) is 2.30. The van der Waals surface area contributed by atoms with Crippen LogP contribution in [0.3, 0.4) is 0 Å². The van der Waals surface area contributed by atoms with Crippen LogP contribution in [0.5, 0.6) is 0 Å². The van der Waals surface area contributed by atoms with Crippen LogP contribution in [0.15, 0.2) is 18.2 Å². The van der Waals surface area contributed by atoms with Crippen LogP contribution in [-0.2, 0) is 4.79 Å². The minimum atomic E-state index is -0.124. The number of amides is 2. The van der Waals surface area contributed by atoms with Gasteiger partial charge in [0.15, 0.2) is 0 Å². The molecule has 1 saturated heterocycles. The Bertz CT molecular complexity index is 614. The zero-order chi connectivity index (χ0) is 15.2. The number of carbonyl (C=O) groups excluding carboxylic acids is 2. The molecule has 0 radical (unpaired) electrons. The summed E-state index contributed by atoms with van der Waals surface area (Å²) in [6.07, 6.45) is 0.767. The Morgan fingerprint density at radius 3 is 3.05 bits per heavy atom. The molecule has 21 heavy (non-hydrogen) atoms. The van der Waals surface area contributed by atoms with E-state index < -0.39 is 0 Å². The maximum Gasteiger partial charge on any atom is 0.254 e. The number of rotatable bonds is 1. The lowest BCUT2D eigenvalue weighted by atomic mass is 10.0. The van der Waals surface area contributed by atoms with Crippen molar-refractivity contribution in [2.24, 2.45) is 5.73 Å². The number of carbonyl (C=O) groups is 2. The number of nitrogens with one attached hydrogen (secondary N) is 1. The van der Waals surface area contributed by atoms with E-state index in [9.17, 15) is 9.59 Å². The number of hydrogen-bond donors (Lipinski definition) is 2. The molecule has 2 amide bonds. The zero-order valence-corrected chi connectivity index (χ0v) is 12.1. The smallest absolute Gasteiger partial charge is 0.254 e. The molecule has 1 fully saturated rings. The summed E-state index contributed by atoms with van der Waals surface area (Å²) in [5.74, 6) is 5.53. The third kappa shape index (κ3) is 3.61. The van der Waals surface area contributed by atoms with E-state index in [1.54, 1.807) is 17.0 Å². The fraction of sp³-hybridized carbons (Fsp3) is 0.375. The molecule has 0 unspecified atom stereocenters. The second kappa shape index (κ2) is 6.91. The Morgan fingerprint density at radius 2 is 2.29 bits per heavy atom. The second-order valence-corrected chi connectivity index (χ2v) is 4.91. The van der Waals surface area contributed by atoms with E-state index in [1.807, 2.05) is 13.0 Å². The molecule has 5 nitrogen and oxygen atoms in total. The van der Waals surface area contributed by atoms with Gasteiger partial charge in [-0.2, -0.15) is 0 Å². The lowest BCUT2D eigenvalue weighted by Gasteiger charge is -2.20. The third-order valence-electron chi connectivity index (χ3n) is 3.44. The molecule has 2 rings (SSSR count). The number of benzene rings is 1. The van der Waals surface area contributed by atoms with Gasteiger partial charge in [0.25, 0.3) is 5.91 Å². The average Bonchev–Trinajstić information content (AvgIpc) is 2.70. The first kappa shape index (κ1) is 15.1. The number of nitrogens with zero attached hydrogens (tertiary/aromatic N) is 1. The van der Waals surface area contributed by atoms with E-state index >= 15 is 0 Å². The van der Waals surface area contributed by atoms with Crippen molar-refractivity contribution in [2.75, 3.05) is 26.2 Å². The molecule has 1 aliphatic rings. The summed E-state index contributed by atoms with van der Waals surface area (Å²) in [5.41, 5.74) is 7.60. The summed E-state index contributed by atoms with van der Waals surface area (Å²) >= 11 is 0. The molecular formula is C16H19N3O2. The molecular weight excluding hydrogens is 266 g/mol. The van der Waals surface area contributed by atoms with Gasteiger partial charge in [0.2, 0.25) is 5.91 Å². The van der Waals surface area contributed by atoms with Gasteiger partial charge < -0.3 is 16.0 Å². The van der Waals surface area contributed by atoms with Gasteiger partial charge in [-0.3, -0.25) is 9.59 Å². The maximum atomic E-state index is 12.6. The Morgan fingerprint density at radius 1 is 1.48 bits per heavy atom. The summed E-state index contributed by atoms with van der Waals surface area (Å²) in [6.45, 7) is 3.45. The van der Waals surface area contributed by atoms with Crippen LogP contribution in [0.25, 0.3) is 0 Å². The van der Waals surface area contributed by atoms with Gasteiger partial charge in [0.05, 0.1) is 13.1 Å². The molecule has 0 saturated carbocycles. The van der Waals surface area contributed by atoms with Crippen LogP contribution in [0.1, 0.15) is 27.9 Å². The molecule has 1 aliphatic heterocycles. The predicted molar refractivity (Wildman–Crippen MR) is 80.6 cm³/mol. The fourth-order valence-electron chi connectivity index (χ4n) is 2.30. The Kier molecular flexibility index (Phi) is 4.96. The van der Waals surface area contributed by atoms with Crippen molar-refractivity contribution in [1.82, 2.24) is 10.2 Å². The monoisotopic (exact) mass is 285 g/mol. The van der Waals surface area contributed by atoms with E-state index in [2.05, 4.69) is 17.2 Å². The summed E-state index contributed by atoms with van der Waals surface area (Å²) in [5, 5.41) is 2.77.